The summed E-state index contributed by atoms with van der Waals surface area (Å²) in [5, 5.41) is 4.22. The van der Waals surface area contributed by atoms with E-state index in [0.29, 0.717) is 54.3 Å². The van der Waals surface area contributed by atoms with Gasteiger partial charge < -0.3 is 19.7 Å². The predicted octanol–water partition coefficient (Wildman–Crippen LogP) is 7.78. The smallest absolute Gasteiger partial charge is 0.328 e. The predicted molar refractivity (Wildman–Crippen MR) is 196 cm³/mol. The molecule has 0 spiro atoms. The van der Waals surface area contributed by atoms with Gasteiger partial charge in [0.05, 0.1) is 19.2 Å². The summed E-state index contributed by atoms with van der Waals surface area (Å²) in [7, 11) is 1.35. The highest BCUT2D eigenvalue weighted by molar-refractivity contribution is 6.12. The lowest BCUT2D eigenvalue weighted by atomic mass is 10.00. The number of carbonyl (C=O) groups excluding carboxylic acids is 3. The third kappa shape index (κ3) is 8.22. The fraction of sp³-hybridized carbons (Fsp3) is 0.143. The number of rotatable bonds is 14. The summed E-state index contributed by atoms with van der Waals surface area (Å²) in [6.07, 6.45) is 0.920. The number of hydrogen-bond acceptors (Lipinski definition) is 7. The third-order valence-electron chi connectivity index (χ3n) is 8.31. The van der Waals surface area contributed by atoms with Gasteiger partial charge in [-0.2, -0.15) is 0 Å². The zero-order valence-electron chi connectivity index (χ0n) is 27.7. The molecule has 0 saturated carbocycles. The van der Waals surface area contributed by atoms with Gasteiger partial charge in [-0.05, 0) is 60.5 Å². The Balaban J connectivity index is 1.08. The first-order valence-corrected chi connectivity index (χ1v) is 16.5. The van der Waals surface area contributed by atoms with Crippen molar-refractivity contribution in [3.05, 3.63) is 168 Å². The number of amides is 1. The van der Waals surface area contributed by atoms with Gasteiger partial charge in [0.2, 0.25) is 0 Å². The lowest BCUT2D eigenvalue weighted by Gasteiger charge is -2.23. The number of aromatic nitrogens is 1. The molecule has 0 aliphatic carbocycles. The Kier molecular flexibility index (Phi) is 10.9. The number of ketones is 1. The molecule has 0 fully saturated rings. The Morgan fingerprint density at radius 3 is 2.18 bits per heavy atom. The molecule has 6 aromatic rings. The number of anilines is 2. The second kappa shape index (κ2) is 16.2. The van der Waals surface area contributed by atoms with Crippen LogP contribution in [0.15, 0.2) is 146 Å². The van der Waals surface area contributed by atoms with Crippen molar-refractivity contribution < 1.29 is 23.9 Å². The second-order valence-corrected chi connectivity index (χ2v) is 11.7. The molecule has 250 valence electrons. The summed E-state index contributed by atoms with van der Waals surface area (Å²) in [5.74, 6) is -0.0832. The molecule has 6 rings (SSSR count). The Morgan fingerprint density at radius 2 is 1.42 bits per heavy atom. The van der Waals surface area contributed by atoms with Crippen LogP contribution in [0.2, 0.25) is 0 Å². The lowest BCUT2D eigenvalue weighted by Crippen LogP contribution is -2.33. The second-order valence-electron chi connectivity index (χ2n) is 11.7. The maximum Gasteiger partial charge on any atom is 0.328 e. The molecule has 1 unspecified atom stereocenters. The molecular formula is C42H37N3O5. The SMILES string of the molecule is COC(=O)C(Cc1ccc(OCCCN(C(=O)c2ccc3ccccc3n2)c2ccccc2)cc1)Nc1ccccc1C(=O)c1ccccc1. The van der Waals surface area contributed by atoms with Crippen LogP contribution in [0.5, 0.6) is 5.75 Å². The molecule has 5 aromatic carbocycles. The number of ether oxygens (including phenoxy) is 2. The molecule has 0 bridgehead atoms. The first-order valence-electron chi connectivity index (χ1n) is 16.5. The average Bonchev–Trinajstić information content (AvgIpc) is 3.18. The zero-order chi connectivity index (χ0) is 34.7. The number of benzene rings is 5. The van der Waals surface area contributed by atoms with E-state index in [1.54, 1.807) is 41.3 Å². The van der Waals surface area contributed by atoms with Crippen molar-refractivity contribution in [3.8, 4) is 5.75 Å². The number of pyridine rings is 1. The van der Waals surface area contributed by atoms with Crippen LogP contribution in [0.25, 0.3) is 10.9 Å². The van der Waals surface area contributed by atoms with Gasteiger partial charge >= 0.3 is 5.97 Å². The number of esters is 1. The van der Waals surface area contributed by atoms with Crippen molar-refractivity contribution in [2.45, 2.75) is 18.9 Å². The molecule has 0 aliphatic rings. The zero-order valence-corrected chi connectivity index (χ0v) is 27.7. The van der Waals surface area contributed by atoms with Crippen LogP contribution in [-0.2, 0) is 16.0 Å². The maximum atomic E-state index is 13.6. The summed E-state index contributed by atoms with van der Waals surface area (Å²) < 4.78 is 11.1. The molecule has 1 amide bonds. The molecule has 1 aromatic heterocycles. The molecule has 0 radical (unpaired) electrons. The number of carbonyl (C=O) groups is 3. The van der Waals surface area contributed by atoms with Crippen LogP contribution in [0.1, 0.15) is 38.4 Å². The Bertz CT molecular complexity index is 2070. The third-order valence-corrected chi connectivity index (χ3v) is 8.31. The minimum absolute atomic E-state index is 0.138. The van der Waals surface area contributed by atoms with Gasteiger partial charge in [-0.25, -0.2) is 9.78 Å². The number of methoxy groups -OCH3 is 1. The normalized spacial score (nSPS) is 11.4. The molecule has 50 heavy (non-hydrogen) atoms. The van der Waals surface area contributed by atoms with Crippen molar-refractivity contribution >= 4 is 39.9 Å². The number of nitrogens with zero attached hydrogens (tertiary/aromatic N) is 2. The van der Waals surface area contributed by atoms with Gasteiger partial charge in [0.15, 0.2) is 5.78 Å². The van der Waals surface area contributed by atoms with Crippen LogP contribution >= 0.6 is 0 Å². The van der Waals surface area contributed by atoms with Crippen molar-refractivity contribution in [2.24, 2.45) is 0 Å². The number of fused-ring (bicyclic) bond motifs is 1. The monoisotopic (exact) mass is 663 g/mol. The van der Waals surface area contributed by atoms with Crippen molar-refractivity contribution in [2.75, 3.05) is 30.5 Å². The van der Waals surface area contributed by atoms with Gasteiger partial charge in [-0.15, -0.1) is 0 Å². The summed E-state index contributed by atoms with van der Waals surface area (Å²) in [4.78, 5) is 46.1. The fourth-order valence-corrected chi connectivity index (χ4v) is 5.72. The van der Waals surface area contributed by atoms with Gasteiger partial charge in [0.1, 0.15) is 17.5 Å². The Hall–Kier alpha value is -6.28. The number of hydrogen-bond donors (Lipinski definition) is 1. The maximum absolute atomic E-state index is 13.6. The number of para-hydroxylation sites is 3. The standard InChI is InChI=1S/C42H37N3O5/c1-49-42(48)39(44-37-20-11-9-18-35(37)40(46)32-14-4-2-5-15-32)29-30-21-24-34(25-22-30)50-28-12-27-45(33-16-6-3-7-17-33)41(47)38-26-23-31-13-8-10-19-36(31)43-38/h2-11,13-26,39,44H,12,27-29H2,1H3. The molecule has 1 N–H and O–H groups in total. The van der Waals surface area contributed by atoms with Crippen LogP contribution in [0, 0.1) is 0 Å². The Labute approximate surface area is 291 Å². The molecule has 1 atom stereocenters. The van der Waals surface area contributed by atoms with E-state index in [9.17, 15) is 14.4 Å². The highest BCUT2D eigenvalue weighted by Crippen LogP contribution is 2.23. The molecule has 8 heteroatoms. The molecule has 8 nitrogen and oxygen atoms in total. The molecule has 0 aliphatic heterocycles. The lowest BCUT2D eigenvalue weighted by molar-refractivity contribution is -0.141. The van der Waals surface area contributed by atoms with E-state index in [-0.39, 0.29) is 11.7 Å². The van der Waals surface area contributed by atoms with Gasteiger partial charge in [-0.3, -0.25) is 9.59 Å². The highest BCUT2D eigenvalue weighted by Gasteiger charge is 2.23. The summed E-state index contributed by atoms with van der Waals surface area (Å²) >= 11 is 0. The minimum Gasteiger partial charge on any atom is -0.494 e. The van der Waals surface area contributed by atoms with E-state index in [0.717, 1.165) is 22.2 Å². The fourth-order valence-electron chi connectivity index (χ4n) is 5.72. The average molecular weight is 664 g/mol. The van der Waals surface area contributed by atoms with Crippen molar-refractivity contribution in [3.63, 3.8) is 0 Å². The first-order chi connectivity index (χ1) is 24.5. The number of nitrogens with one attached hydrogen (secondary N) is 1. The van der Waals surface area contributed by atoms with Crippen LogP contribution in [0.4, 0.5) is 11.4 Å². The molecule has 1 heterocycles. The van der Waals surface area contributed by atoms with Crippen LogP contribution in [0.3, 0.4) is 0 Å². The van der Waals surface area contributed by atoms with E-state index in [1.165, 1.54) is 7.11 Å². The highest BCUT2D eigenvalue weighted by atomic mass is 16.5. The summed E-state index contributed by atoms with van der Waals surface area (Å²) in [5.41, 5.74) is 4.42. The van der Waals surface area contributed by atoms with E-state index in [2.05, 4.69) is 10.3 Å². The van der Waals surface area contributed by atoms with Gasteiger partial charge in [0, 0.05) is 40.9 Å². The van der Waals surface area contributed by atoms with Crippen LogP contribution < -0.4 is 15.0 Å². The summed E-state index contributed by atoms with van der Waals surface area (Å²) in [6, 6.07) is 43.9. The van der Waals surface area contributed by atoms with E-state index >= 15 is 0 Å². The minimum atomic E-state index is -0.727. The van der Waals surface area contributed by atoms with E-state index in [4.69, 9.17) is 9.47 Å². The van der Waals surface area contributed by atoms with Gasteiger partial charge in [-0.1, -0.05) is 97.1 Å². The van der Waals surface area contributed by atoms with E-state index < -0.39 is 12.0 Å². The van der Waals surface area contributed by atoms with Crippen molar-refractivity contribution in [1.82, 2.24) is 4.98 Å². The quantitative estimate of drug-likeness (QED) is 0.0722. The molecular weight excluding hydrogens is 626 g/mol. The van der Waals surface area contributed by atoms with Gasteiger partial charge in [0.25, 0.3) is 5.91 Å². The topological polar surface area (TPSA) is 97.8 Å². The van der Waals surface area contributed by atoms with Crippen LogP contribution in [-0.4, -0.2) is 48.9 Å². The molecule has 0 saturated heterocycles. The first kappa shape index (κ1) is 33.6. The Morgan fingerprint density at radius 1 is 0.740 bits per heavy atom. The van der Waals surface area contributed by atoms with Crippen molar-refractivity contribution in [1.29, 1.82) is 0 Å². The largest absolute Gasteiger partial charge is 0.494 e. The summed E-state index contributed by atoms with van der Waals surface area (Å²) in [6.45, 7) is 0.829. The van der Waals surface area contributed by atoms with E-state index in [1.807, 2.05) is 109 Å².